The van der Waals surface area contributed by atoms with Crippen molar-refractivity contribution in [3.63, 3.8) is 0 Å². The number of rotatable bonds is 5. The first-order valence-corrected chi connectivity index (χ1v) is 5.43. The quantitative estimate of drug-likeness (QED) is 0.766. The highest BCUT2D eigenvalue weighted by Gasteiger charge is 2.28. The lowest BCUT2D eigenvalue weighted by Crippen LogP contribution is -2.28. The number of para-hydroxylation sites is 1. The van der Waals surface area contributed by atoms with Crippen molar-refractivity contribution in [2.24, 2.45) is 0 Å². The maximum Gasteiger partial charge on any atom is 0.120 e. The number of phenolic OH excluding ortho intramolecular Hbond substituents is 1. The molecule has 1 aliphatic carbocycles. The van der Waals surface area contributed by atoms with Gasteiger partial charge in [-0.25, -0.2) is 0 Å². The maximum absolute atomic E-state index is 9.64. The van der Waals surface area contributed by atoms with Gasteiger partial charge in [0.1, 0.15) is 5.75 Å². The summed E-state index contributed by atoms with van der Waals surface area (Å²) in [5.41, 5.74) is 0.942. The molecule has 0 amide bonds. The second kappa shape index (κ2) is 4.64. The predicted octanol–water partition coefficient (Wildman–Crippen LogP) is 1.35. The second-order valence-electron chi connectivity index (χ2n) is 4.05. The van der Waals surface area contributed by atoms with Crippen LogP contribution in [-0.2, 0) is 6.54 Å². The first-order valence-electron chi connectivity index (χ1n) is 5.43. The van der Waals surface area contributed by atoms with E-state index in [4.69, 9.17) is 5.11 Å². The third-order valence-electron chi connectivity index (χ3n) is 2.82. The van der Waals surface area contributed by atoms with Gasteiger partial charge in [-0.05, 0) is 18.9 Å². The Hall–Kier alpha value is -1.06. The van der Waals surface area contributed by atoms with Crippen LogP contribution in [0.4, 0.5) is 0 Å². The third kappa shape index (κ3) is 2.70. The summed E-state index contributed by atoms with van der Waals surface area (Å²) in [7, 11) is 0. The standard InChI is InChI=1S/C12H17NO2/c14-8-7-13(11-5-6-11)9-10-3-1-2-4-12(10)15/h1-4,11,14-15H,5-9H2. The largest absolute Gasteiger partial charge is 0.508 e. The van der Waals surface area contributed by atoms with Gasteiger partial charge in [0.05, 0.1) is 6.61 Å². The zero-order chi connectivity index (χ0) is 10.7. The Kier molecular flexibility index (Phi) is 3.23. The van der Waals surface area contributed by atoms with Crippen LogP contribution in [0.5, 0.6) is 5.75 Å². The summed E-state index contributed by atoms with van der Waals surface area (Å²) in [6.07, 6.45) is 2.43. The van der Waals surface area contributed by atoms with Gasteiger partial charge in [0.15, 0.2) is 0 Å². The Balaban J connectivity index is 2.02. The van der Waals surface area contributed by atoms with Gasteiger partial charge in [-0.1, -0.05) is 18.2 Å². The van der Waals surface area contributed by atoms with E-state index in [2.05, 4.69) is 4.90 Å². The summed E-state index contributed by atoms with van der Waals surface area (Å²) in [5, 5.41) is 18.6. The van der Waals surface area contributed by atoms with Gasteiger partial charge < -0.3 is 10.2 Å². The van der Waals surface area contributed by atoms with Crippen molar-refractivity contribution in [3.8, 4) is 5.75 Å². The van der Waals surface area contributed by atoms with E-state index >= 15 is 0 Å². The Morgan fingerprint density at radius 2 is 2.00 bits per heavy atom. The number of benzene rings is 1. The molecule has 0 saturated heterocycles. The fourth-order valence-electron chi connectivity index (χ4n) is 1.82. The number of aliphatic hydroxyl groups excluding tert-OH is 1. The molecule has 15 heavy (non-hydrogen) atoms. The zero-order valence-corrected chi connectivity index (χ0v) is 8.76. The van der Waals surface area contributed by atoms with Crippen molar-refractivity contribution in [1.82, 2.24) is 4.90 Å². The molecule has 1 aromatic rings. The highest BCUT2D eigenvalue weighted by molar-refractivity contribution is 5.31. The average molecular weight is 207 g/mol. The summed E-state index contributed by atoms with van der Waals surface area (Å²) in [4.78, 5) is 2.23. The van der Waals surface area contributed by atoms with Gasteiger partial charge in [0, 0.05) is 24.7 Å². The van der Waals surface area contributed by atoms with Gasteiger partial charge in [-0.2, -0.15) is 0 Å². The van der Waals surface area contributed by atoms with E-state index in [0.717, 1.165) is 12.1 Å². The first-order chi connectivity index (χ1) is 7.31. The summed E-state index contributed by atoms with van der Waals surface area (Å²) in [6.45, 7) is 1.61. The van der Waals surface area contributed by atoms with E-state index in [1.807, 2.05) is 18.2 Å². The lowest BCUT2D eigenvalue weighted by Gasteiger charge is -2.21. The lowest BCUT2D eigenvalue weighted by molar-refractivity contribution is 0.182. The van der Waals surface area contributed by atoms with Crippen molar-refractivity contribution in [2.45, 2.75) is 25.4 Å². The second-order valence-corrected chi connectivity index (χ2v) is 4.05. The summed E-state index contributed by atoms with van der Waals surface area (Å²) >= 11 is 0. The van der Waals surface area contributed by atoms with Crippen LogP contribution in [0, 0.1) is 0 Å². The number of hydrogen-bond donors (Lipinski definition) is 2. The smallest absolute Gasteiger partial charge is 0.120 e. The molecule has 2 rings (SSSR count). The SMILES string of the molecule is OCCN(Cc1ccccc1O)C1CC1. The Labute approximate surface area is 90.0 Å². The summed E-state index contributed by atoms with van der Waals surface area (Å²) in [5.74, 6) is 0.348. The number of hydrogen-bond acceptors (Lipinski definition) is 3. The fourth-order valence-corrected chi connectivity index (χ4v) is 1.82. The zero-order valence-electron chi connectivity index (χ0n) is 8.76. The molecule has 0 radical (unpaired) electrons. The Bertz CT molecular complexity index is 323. The highest BCUT2D eigenvalue weighted by Crippen LogP contribution is 2.29. The van der Waals surface area contributed by atoms with Gasteiger partial charge in [-0.3, -0.25) is 4.90 Å². The first kappa shape index (κ1) is 10.5. The molecule has 0 bridgehead atoms. The van der Waals surface area contributed by atoms with Crippen LogP contribution < -0.4 is 0 Å². The van der Waals surface area contributed by atoms with Gasteiger partial charge in [0.2, 0.25) is 0 Å². The number of phenols is 1. The van der Waals surface area contributed by atoms with Gasteiger partial charge >= 0.3 is 0 Å². The number of nitrogens with zero attached hydrogens (tertiary/aromatic N) is 1. The number of aliphatic hydroxyl groups is 1. The molecule has 0 aromatic heterocycles. The van der Waals surface area contributed by atoms with Gasteiger partial charge in [0.25, 0.3) is 0 Å². The third-order valence-corrected chi connectivity index (χ3v) is 2.82. The molecule has 1 fully saturated rings. The predicted molar refractivity (Wildman–Crippen MR) is 58.6 cm³/mol. The maximum atomic E-state index is 9.64. The van der Waals surface area contributed by atoms with Crippen LogP contribution in [0.1, 0.15) is 18.4 Å². The van der Waals surface area contributed by atoms with E-state index in [1.54, 1.807) is 6.07 Å². The van der Waals surface area contributed by atoms with E-state index in [0.29, 0.717) is 18.3 Å². The fraction of sp³-hybridized carbons (Fsp3) is 0.500. The molecule has 1 aromatic carbocycles. The number of aromatic hydroxyl groups is 1. The molecule has 0 unspecified atom stereocenters. The normalized spacial score (nSPS) is 15.9. The molecule has 3 nitrogen and oxygen atoms in total. The molecule has 0 heterocycles. The van der Waals surface area contributed by atoms with Crippen LogP contribution >= 0.6 is 0 Å². The van der Waals surface area contributed by atoms with Crippen molar-refractivity contribution >= 4 is 0 Å². The van der Waals surface area contributed by atoms with Crippen molar-refractivity contribution in [1.29, 1.82) is 0 Å². The topological polar surface area (TPSA) is 43.7 Å². The van der Waals surface area contributed by atoms with E-state index in [9.17, 15) is 5.11 Å². The van der Waals surface area contributed by atoms with Crippen molar-refractivity contribution < 1.29 is 10.2 Å². The molecular formula is C12H17NO2. The minimum Gasteiger partial charge on any atom is -0.508 e. The molecule has 1 aliphatic rings. The average Bonchev–Trinajstić information content (AvgIpc) is 3.04. The minimum absolute atomic E-state index is 0.185. The molecule has 1 saturated carbocycles. The molecule has 2 N–H and O–H groups in total. The molecule has 0 atom stereocenters. The Morgan fingerprint density at radius 1 is 1.27 bits per heavy atom. The monoisotopic (exact) mass is 207 g/mol. The van der Waals surface area contributed by atoms with E-state index in [1.165, 1.54) is 12.8 Å². The van der Waals surface area contributed by atoms with E-state index < -0.39 is 0 Å². The van der Waals surface area contributed by atoms with Crippen LogP contribution in [0.3, 0.4) is 0 Å². The summed E-state index contributed by atoms with van der Waals surface area (Å²) < 4.78 is 0. The van der Waals surface area contributed by atoms with Crippen molar-refractivity contribution in [2.75, 3.05) is 13.2 Å². The summed E-state index contributed by atoms with van der Waals surface area (Å²) in [6, 6.07) is 8.00. The van der Waals surface area contributed by atoms with Gasteiger partial charge in [-0.15, -0.1) is 0 Å². The van der Waals surface area contributed by atoms with Crippen LogP contribution in [0.2, 0.25) is 0 Å². The van der Waals surface area contributed by atoms with Crippen LogP contribution in [0.15, 0.2) is 24.3 Å². The van der Waals surface area contributed by atoms with Crippen LogP contribution in [0.25, 0.3) is 0 Å². The van der Waals surface area contributed by atoms with Crippen LogP contribution in [-0.4, -0.2) is 34.3 Å². The van der Waals surface area contributed by atoms with E-state index in [-0.39, 0.29) is 6.61 Å². The molecule has 0 aliphatic heterocycles. The minimum atomic E-state index is 0.185. The molecule has 82 valence electrons. The molecular weight excluding hydrogens is 190 g/mol. The molecule has 3 heteroatoms. The molecule has 0 spiro atoms. The highest BCUT2D eigenvalue weighted by atomic mass is 16.3. The Morgan fingerprint density at radius 3 is 2.60 bits per heavy atom. The lowest BCUT2D eigenvalue weighted by atomic mass is 10.2. The van der Waals surface area contributed by atoms with Crippen molar-refractivity contribution in [3.05, 3.63) is 29.8 Å².